The molecule has 1 heterocycles. The van der Waals surface area contributed by atoms with E-state index in [1.165, 1.54) is 6.20 Å². The largest absolute Gasteiger partial charge is 0.506 e. The standard InChI is InChI=1S/C10H17N3O3S/c1-17(15,16)13-6-2-5-11-7-9-3-4-10(14)8-12-9/h3-4,8,11,13-14H,2,5-7H2,1H3. The predicted octanol–water partition coefficient (Wildman–Crippen LogP) is -0.184. The summed E-state index contributed by atoms with van der Waals surface area (Å²) >= 11 is 0. The van der Waals surface area contributed by atoms with Crippen LogP contribution in [0.5, 0.6) is 5.75 Å². The first-order valence-electron chi connectivity index (χ1n) is 5.26. The summed E-state index contributed by atoms with van der Waals surface area (Å²) in [5, 5.41) is 12.2. The third-order valence-electron chi connectivity index (χ3n) is 2.01. The summed E-state index contributed by atoms with van der Waals surface area (Å²) in [5.74, 6) is 0.145. The van der Waals surface area contributed by atoms with Crippen molar-refractivity contribution in [1.82, 2.24) is 15.0 Å². The number of pyridine rings is 1. The van der Waals surface area contributed by atoms with Crippen molar-refractivity contribution in [1.29, 1.82) is 0 Å². The molecule has 96 valence electrons. The Labute approximate surface area is 101 Å². The SMILES string of the molecule is CS(=O)(=O)NCCCNCc1ccc(O)cn1. The minimum absolute atomic E-state index is 0.145. The summed E-state index contributed by atoms with van der Waals surface area (Å²) in [6.07, 6.45) is 3.24. The van der Waals surface area contributed by atoms with Gasteiger partial charge in [-0.05, 0) is 25.1 Å². The number of aromatic hydroxyl groups is 1. The summed E-state index contributed by atoms with van der Waals surface area (Å²) in [4.78, 5) is 4.01. The molecule has 0 amide bonds. The number of nitrogens with zero attached hydrogens (tertiary/aromatic N) is 1. The van der Waals surface area contributed by atoms with Crippen LogP contribution in [0.4, 0.5) is 0 Å². The van der Waals surface area contributed by atoms with E-state index in [0.717, 1.165) is 11.9 Å². The topological polar surface area (TPSA) is 91.3 Å². The molecule has 0 radical (unpaired) electrons. The van der Waals surface area contributed by atoms with Crippen LogP contribution >= 0.6 is 0 Å². The van der Waals surface area contributed by atoms with Gasteiger partial charge in [0.1, 0.15) is 5.75 Å². The number of sulfonamides is 1. The number of hydrogen-bond donors (Lipinski definition) is 3. The molecule has 0 fully saturated rings. The molecule has 0 aromatic carbocycles. The number of hydrogen-bond acceptors (Lipinski definition) is 5. The van der Waals surface area contributed by atoms with E-state index in [9.17, 15) is 8.42 Å². The van der Waals surface area contributed by atoms with Gasteiger partial charge in [0, 0.05) is 13.1 Å². The Hall–Kier alpha value is -1.18. The second kappa shape index (κ2) is 6.53. The van der Waals surface area contributed by atoms with Crippen molar-refractivity contribution in [3.8, 4) is 5.75 Å². The molecule has 0 aliphatic carbocycles. The Bertz CT molecular complexity index is 431. The Morgan fingerprint density at radius 2 is 2.12 bits per heavy atom. The molecule has 0 aliphatic heterocycles. The van der Waals surface area contributed by atoms with Gasteiger partial charge < -0.3 is 10.4 Å². The lowest BCUT2D eigenvalue weighted by molar-refractivity contribution is 0.471. The van der Waals surface area contributed by atoms with E-state index in [4.69, 9.17) is 5.11 Å². The van der Waals surface area contributed by atoms with Crippen molar-refractivity contribution in [2.45, 2.75) is 13.0 Å². The average molecular weight is 259 g/mol. The smallest absolute Gasteiger partial charge is 0.208 e. The number of rotatable bonds is 7. The molecule has 1 aromatic heterocycles. The zero-order chi connectivity index (χ0) is 12.7. The fourth-order valence-electron chi connectivity index (χ4n) is 1.21. The van der Waals surface area contributed by atoms with Crippen molar-refractivity contribution >= 4 is 10.0 Å². The van der Waals surface area contributed by atoms with Crippen LogP contribution < -0.4 is 10.0 Å². The summed E-state index contributed by atoms with van der Waals surface area (Å²) in [6.45, 7) is 1.72. The van der Waals surface area contributed by atoms with E-state index in [1.807, 2.05) is 0 Å². The molecule has 0 aliphatic rings. The third-order valence-corrected chi connectivity index (χ3v) is 2.74. The molecule has 3 N–H and O–H groups in total. The average Bonchev–Trinajstić information content (AvgIpc) is 2.24. The lowest BCUT2D eigenvalue weighted by atomic mass is 10.3. The first-order valence-corrected chi connectivity index (χ1v) is 7.16. The van der Waals surface area contributed by atoms with Crippen molar-refractivity contribution in [2.75, 3.05) is 19.3 Å². The van der Waals surface area contributed by atoms with Gasteiger partial charge in [0.15, 0.2) is 0 Å². The molecular formula is C10H17N3O3S. The molecule has 0 spiro atoms. The van der Waals surface area contributed by atoms with Gasteiger partial charge in [0.2, 0.25) is 10.0 Å². The Kier molecular flexibility index (Phi) is 5.33. The van der Waals surface area contributed by atoms with Crippen molar-refractivity contribution in [3.05, 3.63) is 24.0 Å². The quantitative estimate of drug-likeness (QED) is 0.591. The zero-order valence-corrected chi connectivity index (χ0v) is 10.5. The first kappa shape index (κ1) is 13.9. The highest BCUT2D eigenvalue weighted by Gasteiger charge is 1.98. The Balaban J connectivity index is 2.10. The maximum atomic E-state index is 10.8. The van der Waals surface area contributed by atoms with Gasteiger partial charge in [-0.3, -0.25) is 4.98 Å². The zero-order valence-electron chi connectivity index (χ0n) is 9.68. The molecule has 0 saturated heterocycles. The van der Waals surface area contributed by atoms with Gasteiger partial charge in [0.05, 0.1) is 18.1 Å². The summed E-state index contributed by atoms with van der Waals surface area (Å²) < 4.78 is 23.9. The van der Waals surface area contributed by atoms with E-state index in [-0.39, 0.29) is 5.75 Å². The van der Waals surface area contributed by atoms with Gasteiger partial charge in [0.25, 0.3) is 0 Å². The van der Waals surface area contributed by atoms with Crippen molar-refractivity contribution in [3.63, 3.8) is 0 Å². The van der Waals surface area contributed by atoms with E-state index in [1.54, 1.807) is 12.1 Å². The monoisotopic (exact) mass is 259 g/mol. The summed E-state index contributed by atoms with van der Waals surface area (Å²) in [5.41, 5.74) is 0.832. The van der Waals surface area contributed by atoms with Crippen LogP contribution in [0.3, 0.4) is 0 Å². The second-order valence-electron chi connectivity index (χ2n) is 3.70. The highest BCUT2D eigenvalue weighted by atomic mass is 32.2. The van der Waals surface area contributed by atoms with Crippen molar-refractivity contribution in [2.24, 2.45) is 0 Å². The predicted molar refractivity (Wildman–Crippen MR) is 65.1 cm³/mol. The minimum atomic E-state index is -3.09. The van der Waals surface area contributed by atoms with E-state index in [2.05, 4.69) is 15.0 Å². The molecule has 6 nitrogen and oxygen atoms in total. The van der Waals surface area contributed by atoms with Crippen LogP contribution in [0.1, 0.15) is 12.1 Å². The molecule has 1 rings (SSSR count). The second-order valence-corrected chi connectivity index (χ2v) is 5.54. The van der Waals surface area contributed by atoms with E-state index >= 15 is 0 Å². The lowest BCUT2D eigenvalue weighted by Crippen LogP contribution is -2.26. The molecule has 7 heteroatoms. The molecule has 0 saturated carbocycles. The van der Waals surface area contributed by atoms with Gasteiger partial charge in [-0.25, -0.2) is 13.1 Å². The third kappa shape index (κ3) is 6.88. The van der Waals surface area contributed by atoms with Crippen LogP contribution in [-0.4, -0.2) is 37.9 Å². The van der Waals surface area contributed by atoms with Gasteiger partial charge in [-0.1, -0.05) is 0 Å². The first-order chi connectivity index (χ1) is 7.97. The molecule has 0 atom stereocenters. The van der Waals surface area contributed by atoms with Gasteiger partial charge in [-0.15, -0.1) is 0 Å². The van der Waals surface area contributed by atoms with Crippen LogP contribution in [0.25, 0.3) is 0 Å². The normalized spacial score (nSPS) is 11.6. The minimum Gasteiger partial charge on any atom is -0.506 e. The van der Waals surface area contributed by atoms with E-state index in [0.29, 0.717) is 26.1 Å². The van der Waals surface area contributed by atoms with Crippen LogP contribution in [0.2, 0.25) is 0 Å². The van der Waals surface area contributed by atoms with Crippen LogP contribution in [0.15, 0.2) is 18.3 Å². The maximum absolute atomic E-state index is 10.8. The fraction of sp³-hybridized carbons (Fsp3) is 0.500. The highest BCUT2D eigenvalue weighted by Crippen LogP contribution is 2.05. The molecule has 0 bridgehead atoms. The van der Waals surface area contributed by atoms with Crippen LogP contribution in [-0.2, 0) is 16.6 Å². The highest BCUT2D eigenvalue weighted by molar-refractivity contribution is 7.88. The van der Waals surface area contributed by atoms with Crippen LogP contribution in [0, 0.1) is 0 Å². The van der Waals surface area contributed by atoms with Gasteiger partial charge >= 0.3 is 0 Å². The van der Waals surface area contributed by atoms with Gasteiger partial charge in [-0.2, -0.15) is 0 Å². The Morgan fingerprint density at radius 1 is 1.35 bits per heavy atom. The number of nitrogens with one attached hydrogen (secondary N) is 2. The molecule has 0 unspecified atom stereocenters. The summed E-state index contributed by atoms with van der Waals surface area (Å²) in [7, 11) is -3.09. The molecular weight excluding hydrogens is 242 g/mol. The lowest BCUT2D eigenvalue weighted by Gasteiger charge is -2.05. The number of aromatic nitrogens is 1. The Morgan fingerprint density at radius 3 is 2.71 bits per heavy atom. The molecule has 1 aromatic rings. The molecule has 17 heavy (non-hydrogen) atoms. The van der Waals surface area contributed by atoms with Crippen molar-refractivity contribution < 1.29 is 13.5 Å². The maximum Gasteiger partial charge on any atom is 0.208 e. The fourth-order valence-corrected chi connectivity index (χ4v) is 1.72. The summed E-state index contributed by atoms with van der Waals surface area (Å²) in [6, 6.07) is 3.31. The van der Waals surface area contributed by atoms with E-state index < -0.39 is 10.0 Å².